The van der Waals surface area contributed by atoms with Crippen molar-refractivity contribution in [1.82, 2.24) is 24.6 Å². The molecule has 6 aliphatic rings. The van der Waals surface area contributed by atoms with Crippen molar-refractivity contribution in [3.05, 3.63) is 24.4 Å². The maximum absolute atomic E-state index is 12.8. The highest BCUT2D eigenvalue weighted by atomic mass is 33.1. The van der Waals surface area contributed by atoms with E-state index in [0.29, 0.717) is 170 Å². The van der Waals surface area contributed by atoms with Crippen LogP contribution in [0.25, 0.3) is 0 Å². The third kappa shape index (κ3) is 39.8. The van der Waals surface area contributed by atoms with Crippen LogP contribution in [0.4, 0.5) is 19.2 Å². The zero-order valence-electron chi connectivity index (χ0n) is 66.0. The molecule has 7 rings (SSSR count). The van der Waals surface area contributed by atoms with Crippen LogP contribution in [0, 0.1) is 28.6 Å². The highest BCUT2D eigenvalue weighted by Gasteiger charge is 2.56. The molecule has 0 radical (unpaired) electrons. The third-order valence-electron chi connectivity index (χ3n) is 16.9. The molecular formula is C74H129N5O27S2. The minimum absolute atomic E-state index is 0. The Morgan fingerprint density at radius 1 is 0.407 bits per heavy atom. The van der Waals surface area contributed by atoms with Gasteiger partial charge in [0.25, 0.3) is 11.9 Å². The number of Topliss-reactive ketones (excluding diaryl/α,β-unsaturated/α-hetero) is 1. The smallest absolute Gasteiger partial charge is 0.420 e. The largest absolute Gasteiger partial charge is 0.449 e. The molecule has 0 spiro atoms. The molecule has 3 unspecified atom stereocenters. The summed E-state index contributed by atoms with van der Waals surface area (Å²) >= 11 is 0. The number of aromatic nitrogens is 1. The van der Waals surface area contributed by atoms with Crippen molar-refractivity contribution in [2.24, 2.45) is 28.6 Å². The van der Waals surface area contributed by atoms with Gasteiger partial charge in [0.2, 0.25) is 23.6 Å². The summed E-state index contributed by atoms with van der Waals surface area (Å²) in [6, 6.07) is 5.52. The number of ether oxygens (including phenoxy) is 18. The topological polar surface area (TPSA) is 346 Å². The lowest BCUT2D eigenvalue weighted by Crippen LogP contribution is -2.63. The second kappa shape index (κ2) is 58.6. The number of carbonyl (C=O) groups is 9. The van der Waals surface area contributed by atoms with Crippen molar-refractivity contribution in [3.8, 4) is 0 Å². The van der Waals surface area contributed by atoms with E-state index >= 15 is 0 Å². The highest BCUT2D eigenvalue weighted by molar-refractivity contribution is 8.76. The first-order valence-electron chi connectivity index (χ1n) is 36.7. The average Bonchev–Trinajstić information content (AvgIpc) is 0.766. The summed E-state index contributed by atoms with van der Waals surface area (Å²) in [5, 5.41) is 0.777. The number of nitrogens with zero attached hydrogens (tertiary/aromatic N) is 5. The molecule has 1 aromatic rings. The fourth-order valence-corrected chi connectivity index (χ4v) is 12.1. The molecular weight excluding hydrogens is 1450 g/mol. The number of ketones is 1. The van der Waals surface area contributed by atoms with Crippen LogP contribution in [0.2, 0.25) is 0 Å². The van der Waals surface area contributed by atoms with Crippen LogP contribution < -0.4 is 0 Å². The number of carbonyl (C=O) groups excluding carboxylic acids is 9. The van der Waals surface area contributed by atoms with E-state index in [1.165, 1.54) is 38.3 Å². The average molecular weight is 1580 g/mol. The monoisotopic (exact) mass is 1580 g/mol. The molecule has 0 N–H and O–H groups in total. The standard InChI is InChI=1S/C21H37NO7.C19H33NO9.C17H31NO5.C16H24N2O6S2.CH4/c1-17(21-27-14-20(2,15-28-21)16-29-21)13-22(18(23)9-5-7-11-25-3)19(24)10-6-8-12-26-4;1-15(19-27-12-18(2,13-28-19)14-29-19)11-20(16(21)25-9-5-7-23-3)17(22)26-10-6-8-24-4;1-14(15(2)19)13-18(16(20)9-5-7-11-22-3)17(21)10-6-8-12-23-4;1-21-9-5-11-23-15(19)18(16(20)24-12-6-10-22-2)13-25-26-14-7-3-4-8-17-14;/h17H,5-16H2,1-4H3;15H,5-14H2,1-4H3;14H,5-13H2,1-4H3;3-4,7-8H,5-6,9-13H2,1-2H3;1H4. The summed E-state index contributed by atoms with van der Waals surface area (Å²) in [4.78, 5) is 120. The van der Waals surface area contributed by atoms with Gasteiger partial charge in [0.15, 0.2) is 0 Å². The van der Waals surface area contributed by atoms with E-state index < -0.39 is 42.2 Å². The van der Waals surface area contributed by atoms with E-state index in [-0.39, 0.29) is 111 Å². The van der Waals surface area contributed by atoms with Gasteiger partial charge in [-0.1, -0.05) is 58.9 Å². The van der Waals surface area contributed by atoms with Gasteiger partial charge in [-0.15, -0.1) is 0 Å². The number of pyridine rings is 1. The van der Waals surface area contributed by atoms with Gasteiger partial charge in [0.05, 0.1) is 83.8 Å². The van der Waals surface area contributed by atoms with Crippen LogP contribution in [0.5, 0.6) is 0 Å². The predicted molar refractivity (Wildman–Crippen MR) is 401 cm³/mol. The van der Waals surface area contributed by atoms with Gasteiger partial charge < -0.3 is 85.3 Å². The highest BCUT2D eigenvalue weighted by Crippen LogP contribution is 2.44. The van der Waals surface area contributed by atoms with Gasteiger partial charge in [0, 0.05) is 204 Å². The Labute approximate surface area is 648 Å². The molecule has 32 nitrogen and oxygen atoms in total. The predicted octanol–water partition coefficient (Wildman–Crippen LogP) is 10.6. The number of methoxy groups -OCH3 is 8. The van der Waals surface area contributed by atoms with Crippen molar-refractivity contribution in [2.45, 2.75) is 169 Å². The van der Waals surface area contributed by atoms with E-state index in [9.17, 15) is 43.2 Å². The van der Waals surface area contributed by atoms with E-state index in [2.05, 4.69) is 11.9 Å². The minimum atomic E-state index is -1.29. The van der Waals surface area contributed by atoms with Crippen molar-refractivity contribution in [2.75, 3.05) is 201 Å². The zero-order chi connectivity index (χ0) is 79.4. The Hall–Kier alpha value is -5.28. The first-order chi connectivity index (χ1) is 51.3. The molecule has 6 fully saturated rings. The molecule has 34 heteroatoms. The summed E-state index contributed by atoms with van der Waals surface area (Å²) in [5.74, 6) is -4.23. The van der Waals surface area contributed by atoms with Crippen LogP contribution in [-0.4, -0.2) is 292 Å². The van der Waals surface area contributed by atoms with E-state index in [1.54, 1.807) is 76.9 Å². The Kier molecular flexibility index (Phi) is 54.6. The Morgan fingerprint density at radius 3 is 0.981 bits per heavy atom. The second-order valence-corrected chi connectivity index (χ2v) is 29.1. The molecule has 108 heavy (non-hydrogen) atoms. The Morgan fingerprint density at radius 2 is 0.694 bits per heavy atom. The van der Waals surface area contributed by atoms with E-state index in [1.807, 2.05) is 32.0 Å². The van der Waals surface area contributed by atoms with Gasteiger partial charge in [0.1, 0.15) is 10.8 Å². The summed E-state index contributed by atoms with van der Waals surface area (Å²) in [7, 11) is 15.4. The lowest BCUT2D eigenvalue weighted by atomic mass is 9.90. The van der Waals surface area contributed by atoms with Gasteiger partial charge in [-0.25, -0.2) is 34.0 Å². The molecule has 0 aromatic carbocycles. The van der Waals surface area contributed by atoms with Crippen LogP contribution in [0.15, 0.2) is 29.4 Å². The second-order valence-electron chi connectivity index (χ2n) is 26.8. The zero-order valence-corrected chi connectivity index (χ0v) is 67.6. The normalized spacial score (nSPS) is 19.5. The van der Waals surface area contributed by atoms with Gasteiger partial charge >= 0.3 is 24.4 Å². The maximum atomic E-state index is 12.8. The molecule has 1 aromatic heterocycles. The number of fused-ring (bicyclic) bond motifs is 6. The van der Waals surface area contributed by atoms with Crippen LogP contribution in [0.1, 0.15) is 152 Å². The van der Waals surface area contributed by atoms with Gasteiger partial charge in [-0.3, -0.25) is 33.8 Å². The summed E-state index contributed by atoms with van der Waals surface area (Å²) in [6.07, 6.45) is 7.81. The SMILES string of the molecule is C.COCCCCC(=O)N(CC(C)C(C)=O)C(=O)CCCCOC.COCCCCC(=O)N(CC(C)C12OCC(C)(CO1)CO2)C(=O)CCCCOC.COCCCOC(=O)N(CC(C)C12OCC(C)(CO1)CO2)C(=O)OCCCOC.COCCCOC(=O)N(CSSc1ccccn1)C(=O)OCCCOC. The molecule has 6 aliphatic heterocycles. The Bertz CT molecular complexity index is 2440. The van der Waals surface area contributed by atoms with Crippen molar-refractivity contribution < 1.29 is 128 Å². The first-order valence-corrected chi connectivity index (χ1v) is 39.0. The van der Waals surface area contributed by atoms with Gasteiger partial charge in [-0.05, 0) is 81.2 Å². The van der Waals surface area contributed by atoms with E-state index in [0.717, 1.165) is 40.5 Å². The van der Waals surface area contributed by atoms with Gasteiger partial charge in [-0.2, -0.15) is 0 Å². The lowest BCUT2D eigenvalue weighted by Gasteiger charge is -2.53. The molecule has 6 saturated heterocycles. The first kappa shape index (κ1) is 101. The molecule has 8 amide bonds. The lowest BCUT2D eigenvalue weighted by molar-refractivity contribution is -0.482. The molecule has 7 heterocycles. The van der Waals surface area contributed by atoms with Crippen molar-refractivity contribution >= 4 is 75.4 Å². The third-order valence-corrected chi connectivity index (χ3v) is 19.0. The van der Waals surface area contributed by atoms with Crippen LogP contribution in [0.3, 0.4) is 0 Å². The maximum Gasteiger partial charge on any atom is 0.420 e. The van der Waals surface area contributed by atoms with Crippen LogP contribution in [-0.2, 0) is 109 Å². The fraction of sp³-hybridized carbons (Fsp3) is 0.811. The summed E-state index contributed by atoms with van der Waals surface area (Å²) < 4.78 is 95.3. The van der Waals surface area contributed by atoms with Crippen molar-refractivity contribution in [1.29, 1.82) is 0 Å². The van der Waals surface area contributed by atoms with E-state index in [4.69, 9.17) is 85.3 Å². The number of amides is 8. The molecule has 0 aliphatic carbocycles. The fourth-order valence-electron chi connectivity index (χ4n) is 10.2. The molecule has 3 atom stereocenters. The molecule has 4 bridgehead atoms. The summed E-state index contributed by atoms with van der Waals surface area (Å²) in [5.41, 5.74) is -0.308. The molecule has 0 saturated carbocycles. The molecule has 624 valence electrons. The quantitative estimate of drug-likeness (QED) is 0.0253. The van der Waals surface area contributed by atoms with Crippen molar-refractivity contribution in [3.63, 3.8) is 0 Å². The Balaban J connectivity index is 0.000000721. The minimum Gasteiger partial charge on any atom is -0.449 e. The number of unbranched alkanes of at least 4 members (excludes halogenated alkanes) is 4. The number of hydrogen-bond donors (Lipinski definition) is 0. The number of hydrogen-bond acceptors (Lipinski definition) is 30. The van der Waals surface area contributed by atoms with Crippen LogP contribution >= 0.6 is 21.6 Å². The number of rotatable bonds is 49. The number of imide groups is 4. The summed E-state index contributed by atoms with van der Waals surface area (Å²) in [6.45, 7) is 19.3.